The zero-order valence-electron chi connectivity index (χ0n) is 11.3. The molecule has 1 heterocycles. The van der Waals surface area contributed by atoms with E-state index in [-0.39, 0.29) is 11.8 Å². The molecule has 1 amide bonds. The van der Waals surface area contributed by atoms with Crippen LogP contribution in [0, 0.1) is 5.92 Å². The van der Waals surface area contributed by atoms with Crippen LogP contribution in [0.25, 0.3) is 0 Å². The molecule has 1 fully saturated rings. The number of hydrogen-bond acceptors (Lipinski definition) is 3. The van der Waals surface area contributed by atoms with Gasteiger partial charge in [0, 0.05) is 6.04 Å². The Bertz CT molecular complexity index is 438. The molecular weight excluding hydrogens is 228 g/mol. The van der Waals surface area contributed by atoms with Crippen molar-refractivity contribution in [2.45, 2.75) is 52.0 Å². The van der Waals surface area contributed by atoms with E-state index in [2.05, 4.69) is 22.4 Å². The van der Waals surface area contributed by atoms with E-state index in [1.165, 1.54) is 12.8 Å². The zero-order chi connectivity index (χ0) is 13.3. The molecule has 0 aromatic carbocycles. The van der Waals surface area contributed by atoms with Gasteiger partial charge in [-0.05, 0) is 24.7 Å². The maximum absolute atomic E-state index is 12.0. The molecule has 18 heavy (non-hydrogen) atoms. The fraction of sp³-hybridized carbons (Fsp3) is 0.692. The second kappa shape index (κ2) is 5.00. The lowest BCUT2D eigenvalue weighted by atomic mass is 10.1. The second-order valence-electron chi connectivity index (χ2n) is 5.42. The summed E-state index contributed by atoms with van der Waals surface area (Å²) in [5, 5.41) is 9.87. The van der Waals surface area contributed by atoms with Crippen molar-refractivity contribution < 1.29 is 4.79 Å². The van der Waals surface area contributed by atoms with E-state index in [4.69, 9.17) is 5.73 Å². The van der Waals surface area contributed by atoms with Crippen molar-refractivity contribution in [1.29, 1.82) is 0 Å². The largest absolute Gasteiger partial charge is 0.395 e. The summed E-state index contributed by atoms with van der Waals surface area (Å²) in [5.74, 6) is 0.732. The lowest BCUT2D eigenvalue weighted by molar-refractivity contribution is 0.0944. The predicted molar refractivity (Wildman–Crippen MR) is 71.4 cm³/mol. The van der Waals surface area contributed by atoms with Gasteiger partial charge in [0.05, 0.1) is 11.4 Å². The van der Waals surface area contributed by atoms with Gasteiger partial charge in [0.2, 0.25) is 0 Å². The number of anilines is 1. The van der Waals surface area contributed by atoms with Crippen LogP contribution in [0.5, 0.6) is 0 Å². The molecule has 2 atom stereocenters. The first kappa shape index (κ1) is 12.9. The summed E-state index contributed by atoms with van der Waals surface area (Å²) in [6.07, 6.45) is 3.43. The maximum atomic E-state index is 12.0. The molecule has 0 spiro atoms. The summed E-state index contributed by atoms with van der Waals surface area (Å²) in [5.41, 5.74) is 7.59. The summed E-state index contributed by atoms with van der Waals surface area (Å²) in [7, 11) is 0. The fourth-order valence-electron chi connectivity index (χ4n) is 2.33. The third-order valence-electron chi connectivity index (χ3n) is 3.52. The van der Waals surface area contributed by atoms with Crippen LogP contribution in [0.15, 0.2) is 0 Å². The van der Waals surface area contributed by atoms with E-state index in [9.17, 15) is 4.79 Å². The summed E-state index contributed by atoms with van der Waals surface area (Å²) in [6, 6.07) is 0.316. The Morgan fingerprint density at radius 1 is 1.61 bits per heavy atom. The zero-order valence-corrected chi connectivity index (χ0v) is 11.3. The highest BCUT2D eigenvalue weighted by atomic mass is 16.2. The Labute approximate surface area is 108 Å². The first-order chi connectivity index (χ1) is 8.54. The average molecular weight is 250 g/mol. The van der Waals surface area contributed by atoms with Crippen LogP contribution < -0.4 is 11.1 Å². The molecule has 0 bridgehead atoms. The highest BCUT2D eigenvalue weighted by Crippen LogP contribution is 2.35. The van der Waals surface area contributed by atoms with Crippen LogP contribution in [-0.4, -0.2) is 22.1 Å². The standard InChI is InChI=1S/C13H22N4O/c1-4-5-8-6-9(8)15-13(18)12-10(14)11(7(2)3)16-17-12/h7-9H,4-6,14H2,1-3H3,(H,15,18)(H,16,17). The van der Waals surface area contributed by atoms with Gasteiger partial charge in [0.1, 0.15) is 0 Å². The van der Waals surface area contributed by atoms with Crippen LogP contribution in [0.2, 0.25) is 0 Å². The van der Waals surface area contributed by atoms with Crippen LogP contribution >= 0.6 is 0 Å². The molecule has 2 unspecified atom stereocenters. The number of aromatic nitrogens is 2. The summed E-state index contributed by atoms with van der Waals surface area (Å²) in [6.45, 7) is 6.20. The van der Waals surface area contributed by atoms with Crippen LogP contribution in [0.3, 0.4) is 0 Å². The molecule has 4 N–H and O–H groups in total. The van der Waals surface area contributed by atoms with Crippen LogP contribution in [0.4, 0.5) is 5.69 Å². The predicted octanol–water partition coefficient (Wildman–Crippen LogP) is 2.03. The third kappa shape index (κ3) is 2.49. The highest BCUT2D eigenvalue weighted by molar-refractivity contribution is 5.98. The van der Waals surface area contributed by atoms with E-state index in [0.717, 1.165) is 12.1 Å². The van der Waals surface area contributed by atoms with Crippen molar-refractivity contribution in [2.24, 2.45) is 5.92 Å². The summed E-state index contributed by atoms with van der Waals surface area (Å²) in [4.78, 5) is 12.0. The van der Waals surface area contributed by atoms with Gasteiger partial charge >= 0.3 is 0 Å². The van der Waals surface area contributed by atoms with E-state index in [1.54, 1.807) is 0 Å². The summed E-state index contributed by atoms with van der Waals surface area (Å²) < 4.78 is 0. The van der Waals surface area contributed by atoms with Gasteiger partial charge in [-0.15, -0.1) is 0 Å². The molecular formula is C13H22N4O. The van der Waals surface area contributed by atoms with Gasteiger partial charge in [-0.1, -0.05) is 27.2 Å². The molecule has 1 aliphatic carbocycles. The Hall–Kier alpha value is -1.52. The lowest BCUT2D eigenvalue weighted by Crippen LogP contribution is -2.27. The number of carbonyl (C=O) groups excluding carboxylic acids is 1. The number of aromatic amines is 1. The van der Waals surface area contributed by atoms with Gasteiger partial charge < -0.3 is 11.1 Å². The molecule has 0 aliphatic heterocycles. The number of rotatable bonds is 5. The molecule has 1 aromatic heterocycles. The molecule has 100 valence electrons. The van der Waals surface area contributed by atoms with Gasteiger partial charge in [-0.2, -0.15) is 5.10 Å². The average Bonchev–Trinajstić information content (AvgIpc) is 2.89. The van der Waals surface area contributed by atoms with E-state index < -0.39 is 0 Å². The molecule has 0 saturated heterocycles. The topological polar surface area (TPSA) is 83.8 Å². The minimum absolute atomic E-state index is 0.153. The number of carbonyl (C=O) groups is 1. The van der Waals surface area contributed by atoms with Crippen LogP contribution in [0.1, 0.15) is 62.1 Å². The van der Waals surface area contributed by atoms with E-state index >= 15 is 0 Å². The van der Waals surface area contributed by atoms with E-state index in [1.807, 2.05) is 13.8 Å². The molecule has 5 nitrogen and oxygen atoms in total. The first-order valence-electron chi connectivity index (χ1n) is 6.69. The fourth-order valence-corrected chi connectivity index (χ4v) is 2.33. The number of nitrogen functional groups attached to an aromatic ring is 1. The van der Waals surface area contributed by atoms with Crippen molar-refractivity contribution in [3.05, 3.63) is 11.4 Å². The van der Waals surface area contributed by atoms with Crippen molar-refractivity contribution >= 4 is 11.6 Å². The molecule has 5 heteroatoms. The Morgan fingerprint density at radius 3 is 2.89 bits per heavy atom. The number of amides is 1. The highest BCUT2D eigenvalue weighted by Gasteiger charge is 2.38. The first-order valence-corrected chi connectivity index (χ1v) is 6.69. The third-order valence-corrected chi connectivity index (χ3v) is 3.52. The van der Waals surface area contributed by atoms with Gasteiger partial charge in [0.15, 0.2) is 5.69 Å². The number of nitrogens with zero attached hydrogens (tertiary/aromatic N) is 1. The minimum Gasteiger partial charge on any atom is -0.395 e. The number of hydrogen-bond donors (Lipinski definition) is 3. The molecule has 2 rings (SSSR count). The normalized spacial score (nSPS) is 22.2. The van der Waals surface area contributed by atoms with Crippen molar-refractivity contribution in [2.75, 3.05) is 5.73 Å². The Balaban J connectivity index is 1.98. The van der Waals surface area contributed by atoms with E-state index in [0.29, 0.717) is 23.3 Å². The maximum Gasteiger partial charge on any atom is 0.274 e. The quantitative estimate of drug-likeness (QED) is 0.747. The smallest absolute Gasteiger partial charge is 0.274 e. The molecule has 1 aromatic rings. The number of nitrogens with one attached hydrogen (secondary N) is 2. The molecule has 0 radical (unpaired) electrons. The molecule has 1 saturated carbocycles. The number of H-pyrrole nitrogens is 1. The number of nitrogens with two attached hydrogens (primary N) is 1. The second-order valence-corrected chi connectivity index (χ2v) is 5.42. The van der Waals surface area contributed by atoms with Gasteiger partial charge in [-0.25, -0.2) is 0 Å². The van der Waals surface area contributed by atoms with Gasteiger partial charge in [0.25, 0.3) is 5.91 Å². The van der Waals surface area contributed by atoms with Crippen LogP contribution in [-0.2, 0) is 0 Å². The Kier molecular flexibility index (Phi) is 3.59. The van der Waals surface area contributed by atoms with Crippen molar-refractivity contribution in [1.82, 2.24) is 15.5 Å². The van der Waals surface area contributed by atoms with Crippen molar-refractivity contribution in [3.8, 4) is 0 Å². The monoisotopic (exact) mass is 250 g/mol. The molecule has 1 aliphatic rings. The minimum atomic E-state index is -0.153. The lowest BCUT2D eigenvalue weighted by Gasteiger charge is -2.04. The van der Waals surface area contributed by atoms with Crippen molar-refractivity contribution in [3.63, 3.8) is 0 Å². The SMILES string of the molecule is CCCC1CC1NC(=O)c1n[nH]c(C(C)C)c1N. The summed E-state index contributed by atoms with van der Waals surface area (Å²) >= 11 is 0. The Morgan fingerprint density at radius 2 is 2.33 bits per heavy atom. The van der Waals surface area contributed by atoms with Gasteiger partial charge in [-0.3, -0.25) is 9.89 Å².